The number of amides is 1. The fourth-order valence-electron chi connectivity index (χ4n) is 3.33. The van der Waals surface area contributed by atoms with Crippen LogP contribution in [0.25, 0.3) is 0 Å². The number of rotatable bonds is 6. The number of carbonyl (C=O) groups is 3. The second-order valence-corrected chi connectivity index (χ2v) is 6.79. The van der Waals surface area contributed by atoms with Gasteiger partial charge in [0, 0.05) is 11.6 Å². The van der Waals surface area contributed by atoms with Gasteiger partial charge in [0.15, 0.2) is 0 Å². The smallest absolute Gasteiger partial charge is 0.338 e. The van der Waals surface area contributed by atoms with Crippen LogP contribution in [-0.4, -0.2) is 32.1 Å². The van der Waals surface area contributed by atoms with E-state index in [0.29, 0.717) is 17.2 Å². The minimum atomic E-state index is -0.666. The van der Waals surface area contributed by atoms with E-state index >= 15 is 0 Å². The summed E-state index contributed by atoms with van der Waals surface area (Å²) in [6, 6.07) is 11.4. The van der Waals surface area contributed by atoms with E-state index in [1.807, 2.05) is 0 Å². The van der Waals surface area contributed by atoms with Crippen LogP contribution in [0.4, 0.5) is 5.69 Å². The number of hydrogen-bond acceptors (Lipinski definition) is 6. The third-order valence-corrected chi connectivity index (χ3v) is 4.89. The molecule has 1 aliphatic carbocycles. The van der Waals surface area contributed by atoms with Crippen molar-refractivity contribution in [1.29, 1.82) is 0 Å². The van der Waals surface area contributed by atoms with Crippen LogP contribution in [0.2, 0.25) is 0 Å². The molecule has 29 heavy (non-hydrogen) atoms. The van der Waals surface area contributed by atoms with Crippen LogP contribution in [0.3, 0.4) is 0 Å². The van der Waals surface area contributed by atoms with Gasteiger partial charge in [-0.15, -0.1) is 0 Å². The van der Waals surface area contributed by atoms with E-state index in [0.717, 1.165) is 25.7 Å². The number of nitrogens with one attached hydrogen (secondary N) is 1. The summed E-state index contributed by atoms with van der Waals surface area (Å²) in [5, 5.41) is 2.93. The lowest BCUT2D eigenvalue weighted by Crippen LogP contribution is -2.20. The van der Waals surface area contributed by atoms with Crippen molar-refractivity contribution in [1.82, 2.24) is 0 Å². The van der Waals surface area contributed by atoms with Crippen molar-refractivity contribution < 1.29 is 28.6 Å². The molecule has 2 aromatic carbocycles. The number of ether oxygens (including phenoxy) is 3. The van der Waals surface area contributed by atoms with Crippen molar-refractivity contribution in [3.05, 3.63) is 53.6 Å². The fraction of sp³-hybridized carbons (Fsp3) is 0.318. The second kappa shape index (κ2) is 9.23. The first-order valence-corrected chi connectivity index (χ1v) is 9.41. The van der Waals surface area contributed by atoms with Gasteiger partial charge < -0.3 is 19.5 Å². The predicted molar refractivity (Wildman–Crippen MR) is 106 cm³/mol. The molecule has 7 nitrogen and oxygen atoms in total. The molecule has 0 aliphatic heterocycles. The zero-order chi connectivity index (χ0) is 20.8. The van der Waals surface area contributed by atoms with Crippen molar-refractivity contribution >= 4 is 23.5 Å². The number of anilines is 1. The third-order valence-electron chi connectivity index (χ3n) is 4.89. The molecule has 1 saturated carbocycles. The molecular weight excluding hydrogens is 374 g/mol. The van der Waals surface area contributed by atoms with E-state index in [-0.39, 0.29) is 23.0 Å². The Balaban J connectivity index is 1.71. The van der Waals surface area contributed by atoms with Crippen LogP contribution in [0.15, 0.2) is 42.5 Å². The van der Waals surface area contributed by atoms with Crippen LogP contribution in [0.5, 0.6) is 11.5 Å². The Morgan fingerprint density at radius 2 is 1.41 bits per heavy atom. The van der Waals surface area contributed by atoms with E-state index in [9.17, 15) is 14.4 Å². The highest BCUT2D eigenvalue weighted by atomic mass is 16.5. The Kier molecular flexibility index (Phi) is 6.49. The van der Waals surface area contributed by atoms with Crippen molar-refractivity contribution in [3.63, 3.8) is 0 Å². The average Bonchev–Trinajstić information content (AvgIpc) is 3.29. The molecule has 1 N–H and O–H groups in total. The molecular formula is C22H23NO6. The molecule has 3 rings (SSSR count). The van der Waals surface area contributed by atoms with E-state index < -0.39 is 11.9 Å². The molecule has 1 fully saturated rings. The summed E-state index contributed by atoms with van der Waals surface area (Å²) in [6.45, 7) is 0. The summed E-state index contributed by atoms with van der Waals surface area (Å²) in [4.78, 5) is 36.0. The Morgan fingerprint density at radius 1 is 0.828 bits per heavy atom. The third kappa shape index (κ3) is 4.93. The summed E-state index contributed by atoms with van der Waals surface area (Å²) in [7, 11) is 2.47. The molecule has 0 aromatic heterocycles. The normalized spacial score (nSPS) is 13.6. The Hall–Kier alpha value is -3.35. The maximum absolute atomic E-state index is 12.2. The van der Waals surface area contributed by atoms with Crippen molar-refractivity contribution in [3.8, 4) is 11.5 Å². The van der Waals surface area contributed by atoms with Gasteiger partial charge in [0.05, 0.1) is 25.3 Å². The van der Waals surface area contributed by atoms with Crippen molar-refractivity contribution in [2.24, 2.45) is 5.92 Å². The van der Waals surface area contributed by atoms with Gasteiger partial charge in [-0.25, -0.2) is 9.59 Å². The minimum absolute atomic E-state index is 0.0530. The van der Waals surface area contributed by atoms with Gasteiger partial charge in [0.1, 0.15) is 11.5 Å². The van der Waals surface area contributed by atoms with Crippen LogP contribution in [-0.2, 0) is 14.3 Å². The summed E-state index contributed by atoms with van der Waals surface area (Å²) < 4.78 is 15.2. The molecule has 2 aromatic rings. The minimum Gasteiger partial charge on any atom is -0.465 e. The summed E-state index contributed by atoms with van der Waals surface area (Å²) in [5.74, 6) is -0.278. The zero-order valence-corrected chi connectivity index (χ0v) is 16.4. The van der Waals surface area contributed by atoms with E-state index in [4.69, 9.17) is 9.47 Å². The fourth-order valence-corrected chi connectivity index (χ4v) is 3.33. The molecule has 0 heterocycles. The molecule has 0 saturated heterocycles. The number of hydrogen-bond donors (Lipinski definition) is 1. The van der Waals surface area contributed by atoms with E-state index in [2.05, 4.69) is 10.1 Å². The number of benzene rings is 2. The Labute approximate surface area is 169 Å². The zero-order valence-electron chi connectivity index (χ0n) is 16.4. The van der Waals surface area contributed by atoms with Crippen molar-refractivity contribution in [2.75, 3.05) is 19.5 Å². The molecule has 0 spiro atoms. The second-order valence-electron chi connectivity index (χ2n) is 6.79. The lowest BCUT2D eigenvalue weighted by molar-refractivity contribution is -0.119. The Bertz CT molecular complexity index is 900. The lowest BCUT2D eigenvalue weighted by atomic mass is 10.1. The first-order chi connectivity index (χ1) is 14.0. The monoisotopic (exact) mass is 397 g/mol. The van der Waals surface area contributed by atoms with Crippen molar-refractivity contribution in [2.45, 2.75) is 25.7 Å². The predicted octanol–water partition coefficient (Wildman–Crippen LogP) is 4.18. The highest BCUT2D eigenvalue weighted by Gasteiger charge is 2.22. The van der Waals surface area contributed by atoms with E-state index in [1.165, 1.54) is 26.4 Å². The maximum atomic E-state index is 12.2. The number of carbonyl (C=O) groups excluding carboxylic acids is 3. The van der Waals surface area contributed by atoms with Crippen LogP contribution in [0.1, 0.15) is 46.4 Å². The van der Waals surface area contributed by atoms with E-state index in [1.54, 1.807) is 30.3 Å². The molecule has 0 bridgehead atoms. The maximum Gasteiger partial charge on any atom is 0.338 e. The molecule has 0 atom stereocenters. The van der Waals surface area contributed by atoms with Crippen LogP contribution in [0, 0.1) is 5.92 Å². The highest BCUT2D eigenvalue weighted by Crippen LogP contribution is 2.28. The summed E-state index contributed by atoms with van der Waals surface area (Å²) in [6.07, 6.45) is 4.09. The molecule has 152 valence electrons. The molecule has 0 unspecified atom stereocenters. The van der Waals surface area contributed by atoms with Gasteiger partial charge in [-0.1, -0.05) is 12.8 Å². The largest absolute Gasteiger partial charge is 0.465 e. The SMILES string of the molecule is COC(=O)c1ccc(Oc2ccc(NC(=O)C3CCCC3)cc2)cc1C(=O)OC. The first-order valence-electron chi connectivity index (χ1n) is 9.41. The van der Waals surface area contributed by atoms with Gasteiger partial charge in [-0.3, -0.25) is 4.79 Å². The van der Waals surface area contributed by atoms with Gasteiger partial charge >= 0.3 is 11.9 Å². The van der Waals surface area contributed by atoms with Gasteiger partial charge in [0.25, 0.3) is 0 Å². The first kappa shape index (κ1) is 20.4. The van der Waals surface area contributed by atoms with Crippen LogP contribution >= 0.6 is 0 Å². The summed E-state index contributed by atoms with van der Waals surface area (Å²) in [5.41, 5.74) is 0.847. The van der Waals surface area contributed by atoms with Gasteiger partial charge in [-0.05, 0) is 55.3 Å². The number of methoxy groups -OCH3 is 2. The molecule has 1 amide bonds. The standard InChI is InChI=1S/C22H23NO6/c1-27-21(25)18-12-11-17(13-19(18)22(26)28-2)29-16-9-7-15(8-10-16)23-20(24)14-5-3-4-6-14/h7-14H,3-6H2,1-2H3,(H,23,24). The van der Waals surface area contributed by atoms with Crippen LogP contribution < -0.4 is 10.1 Å². The number of esters is 2. The average molecular weight is 397 g/mol. The summed E-state index contributed by atoms with van der Waals surface area (Å²) >= 11 is 0. The van der Waals surface area contributed by atoms with Gasteiger partial charge in [-0.2, -0.15) is 0 Å². The topological polar surface area (TPSA) is 90.9 Å². The molecule has 0 radical (unpaired) electrons. The molecule has 1 aliphatic rings. The highest BCUT2D eigenvalue weighted by molar-refractivity contribution is 6.03. The molecule has 7 heteroatoms. The quantitative estimate of drug-likeness (QED) is 0.736. The lowest BCUT2D eigenvalue weighted by Gasteiger charge is -2.12. The van der Waals surface area contributed by atoms with Gasteiger partial charge in [0.2, 0.25) is 5.91 Å². The Morgan fingerprint density at radius 3 is 2.03 bits per heavy atom.